The van der Waals surface area contributed by atoms with E-state index in [2.05, 4.69) is 4.99 Å². The molecule has 0 spiro atoms. The predicted molar refractivity (Wildman–Crippen MR) is 38.4 cm³/mol. The summed E-state index contributed by atoms with van der Waals surface area (Å²) in [6.45, 7) is 0.716. The van der Waals surface area contributed by atoms with E-state index in [9.17, 15) is 4.79 Å². The van der Waals surface area contributed by atoms with Crippen LogP contribution in [0.5, 0.6) is 0 Å². The molecule has 0 aromatic heterocycles. The standard InChI is InChI=1S/C7H11NO2/c1-8-5-6(9)7-3-2-4-10-7/h5,7H,2-4H2,1H3/t7-/m0/s1. The summed E-state index contributed by atoms with van der Waals surface area (Å²) in [6.07, 6.45) is 2.97. The van der Waals surface area contributed by atoms with Gasteiger partial charge in [0.1, 0.15) is 6.10 Å². The minimum atomic E-state index is -0.205. The molecule has 0 bridgehead atoms. The molecule has 0 saturated carbocycles. The molecule has 56 valence electrons. The third-order valence-corrected chi connectivity index (χ3v) is 1.50. The molecule has 1 fully saturated rings. The van der Waals surface area contributed by atoms with Crippen LogP contribution in [-0.2, 0) is 9.53 Å². The monoisotopic (exact) mass is 141 g/mol. The van der Waals surface area contributed by atoms with Crippen LogP contribution in [0.4, 0.5) is 0 Å². The number of Topliss-reactive ketones (excluding diaryl/α,β-unsaturated/α-hetero) is 1. The lowest BCUT2D eigenvalue weighted by molar-refractivity contribution is -0.120. The molecule has 3 heteroatoms. The van der Waals surface area contributed by atoms with Crippen molar-refractivity contribution in [2.24, 2.45) is 4.99 Å². The second-order valence-electron chi connectivity index (χ2n) is 2.29. The summed E-state index contributed by atoms with van der Waals surface area (Å²) in [6, 6.07) is 0. The van der Waals surface area contributed by atoms with Crippen LogP contribution in [0.2, 0.25) is 0 Å². The zero-order valence-corrected chi connectivity index (χ0v) is 6.04. The van der Waals surface area contributed by atoms with Crippen LogP contribution in [-0.4, -0.2) is 31.8 Å². The summed E-state index contributed by atoms with van der Waals surface area (Å²) in [4.78, 5) is 14.6. The molecule has 0 amide bonds. The van der Waals surface area contributed by atoms with Gasteiger partial charge in [0.25, 0.3) is 0 Å². The van der Waals surface area contributed by atoms with Gasteiger partial charge in [0.05, 0.1) is 6.21 Å². The molecule has 1 heterocycles. The van der Waals surface area contributed by atoms with Crippen molar-refractivity contribution in [3.63, 3.8) is 0 Å². The van der Waals surface area contributed by atoms with Crippen molar-refractivity contribution in [2.75, 3.05) is 13.7 Å². The highest BCUT2D eigenvalue weighted by Gasteiger charge is 2.21. The van der Waals surface area contributed by atoms with Crippen LogP contribution < -0.4 is 0 Å². The molecule has 0 unspecified atom stereocenters. The first kappa shape index (κ1) is 7.41. The minimum Gasteiger partial charge on any atom is -0.370 e. The van der Waals surface area contributed by atoms with Crippen LogP contribution >= 0.6 is 0 Å². The van der Waals surface area contributed by atoms with Crippen LogP contribution in [0.1, 0.15) is 12.8 Å². The van der Waals surface area contributed by atoms with Gasteiger partial charge in [-0.1, -0.05) is 0 Å². The quantitative estimate of drug-likeness (QED) is 0.523. The normalized spacial score (nSPS) is 25.9. The van der Waals surface area contributed by atoms with E-state index in [1.165, 1.54) is 6.21 Å². The minimum absolute atomic E-state index is 0.000000000000000666. The summed E-state index contributed by atoms with van der Waals surface area (Å²) in [5.41, 5.74) is 0. The smallest absolute Gasteiger partial charge is 0.202 e. The van der Waals surface area contributed by atoms with Gasteiger partial charge in [0.15, 0.2) is 0 Å². The van der Waals surface area contributed by atoms with Gasteiger partial charge in [-0.15, -0.1) is 0 Å². The van der Waals surface area contributed by atoms with E-state index in [4.69, 9.17) is 4.74 Å². The molecular formula is C7H11NO2. The van der Waals surface area contributed by atoms with Gasteiger partial charge < -0.3 is 4.74 Å². The lowest BCUT2D eigenvalue weighted by Gasteiger charge is -2.01. The summed E-state index contributed by atoms with van der Waals surface area (Å²) in [5.74, 6) is 0.000000000000000666. The first-order valence-corrected chi connectivity index (χ1v) is 3.42. The molecule has 10 heavy (non-hydrogen) atoms. The Morgan fingerprint density at radius 3 is 3.10 bits per heavy atom. The van der Waals surface area contributed by atoms with Crippen LogP contribution in [0.15, 0.2) is 4.99 Å². The second kappa shape index (κ2) is 3.46. The van der Waals surface area contributed by atoms with Crippen molar-refractivity contribution >= 4 is 12.0 Å². The SMILES string of the molecule is CN=CC(=O)[C@@H]1CCCO1. The number of aliphatic imine (C=N–C) groups is 1. The first-order valence-electron chi connectivity index (χ1n) is 3.42. The Morgan fingerprint density at radius 1 is 1.80 bits per heavy atom. The van der Waals surface area contributed by atoms with Crippen molar-refractivity contribution in [3.05, 3.63) is 0 Å². The van der Waals surface area contributed by atoms with E-state index in [0.29, 0.717) is 6.61 Å². The van der Waals surface area contributed by atoms with Crippen molar-refractivity contribution in [2.45, 2.75) is 18.9 Å². The van der Waals surface area contributed by atoms with Crippen molar-refractivity contribution in [1.29, 1.82) is 0 Å². The fourth-order valence-electron chi connectivity index (χ4n) is 1.01. The lowest BCUT2D eigenvalue weighted by atomic mass is 10.2. The largest absolute Gasteiger partial charge is 0.370 e. The second-order valence-corrected chi connectivity index (χ2v) is 2.29. The Balaban J connectivity index is 2.40. The van der Waals surface area contributed by atoms with E-state index >= 15 is 0 Å². The van der Waals surface area contributed by atoms with Gasteiger partial charge >= 0.3 is 0 Å². The van der Waals surface area contributed by atoms with Gasteiger partial charge in [0, 0.05) is 13.7 Å². The molecule has 1 atom stereocenters. The average Bonchev–Trinajstić information content (AvgIpc) is 2.38. The number of hydrogen-bond donors (Lipinski definition) is 0. The summed E-state index contributed by atoms with van der Waals surface area (Å²) < 4.78 is 5.13. The Morgan fingerprint density at radius 2 is 2.60 bits per heavy atom. The summed E-state index contributed by atoms with van der Waals surface area (Å²) in [5, 5.41) is 0. The topological polar surface area (TPSA) is 38.7 Å². The molecule has 1 aliphatic heterocycles. The summed E-state index contributed by atoms with van der Waals surface area (Å²) >= 11 is 0. The molecule has 1 aliphatic rings. The molecule has 0 radical (unpaired) electrons. The maximum absolute atomic E-state index is 11.0. The Labute approximate surface area is 60.1 Å². The van der Waals surface area contributed by atoms with E-state index in [1.807, 2.05) is 0 Å². The Hall–Kier alpha value is -0.700. The lowest BCUT2D eigenvalue weighted by Crippen LogP contribution is -2.19. The zero-order valence-electron chi connectivity index (χ0n) is 6.04. The molecule has 0 N–H and O–H groups in total. The molecule has 0 aliphatic carbocycles. The van der Waals surface area contributed by atoms with Crippen LogP contribution in [0.25, 0.3) is 0 Å². The van der Waals surface area contributed by atoms with Gasteiger partial charge in [0.2, 0.25) is 5.78 Å². The number of nitrogens with zero attached hydrogens (tertiary/aromatic N) is 1. The number of ketones is 1. The first-order chi connectivity index (χ1) is 4.84. The highest BCUT2D eigenvalue weighted by molar-refractivity contribution is 6.29. The van der Waals surface area contributed by atoms with Crippen LogP contribution in [0, 0.1) is 0 Å². The van der Waals surface area contributed by atoms with E-state index in [-0.39, 0.29) is 11.9 Å². The van der Waals surface area contributed by atoms with Crippen molar-refractivity contribution in [1.82, 2.24) is 0 Å². The molecule has 0 aromatic rings. The number of carbonyl (C=O) groups is 1. The molecular weight excluding hydrogens is 130 g/mol. The maximum atomic E-state index is 11.0. The van der Waals surface area contributed by atoms with E-state index in [0.717, 1.165) is 12.8 Å². The van der Waals surface area contributed by atoms with E-state index in [1.54, 1.807) is 7.05 Å². The fraction of sp³-hybridized carbons (Fsp3) is 0.714. The highest BCUT2D eigenvalue weighted by Crippen LogP contribution is 2.11. The molecule has 3 nitrogen and oxygen atoms in total. The third kappa shape index (κ3) is 1.64. The number of hydrogen-bond acceptors (Lipinski definition) is 3. The summed E-state index contributed by atoms with van der Waals surface area (Å²) in [7, 11) is 1.59. The number of carbonyl (C=O) groups excluding carboxylic acids is 1. The van der Waals surface area contributed by atoms with Crippen molar-refractivity contribution < 1.29 is 9.53 Å². The van der Waals surface area contributed by atoms with Gasteiger partial charge in [-0.3, -0.25) is 9.79 Å². The zero-order chi connectivity index (χ0) is 7.40. The average molecular weight is 141 g/mol. The number of ether oxygens (including phenoxy) is 1. The van der Waals surface area contributed by atoms with Gasteiger partial charge in [-0.2, -0.15) is 0 Å². The van der Waals surface area contributed by atoms with Gasteiger partial charge in [-0.05, 0) is 12.8 Å². The fourth-order valence-corrected chi connectivity index (χ4v) is 1.01. The Kier molecular flexibility index (Phi) is 2.57. The van der Waals surface area contributed by atoms with Crippen LogP contribution in [0.3, 0.4) is 0 Å². The predicted octanol–water partition coefficient (Wildman–Crippen LogP) is 0.435. The molecule has 0 aromatic carbocycles. The molecule has 1 saturated heterocycles. The maximum Gasteiger partial charge on any atom is 0.202 e. The Bertz CT molecular complexity index is 148. The molecule has 1 rings (SSSR count). The number of rotatable bonds is 2. The van der Waals surface area contributed by atoms with Crippen molar-refractivity contribution in [3.8, 4) is 0 Å². The van der Waals surface area contributed by atoms with Gasteiger partial charge in [-0.25, -0.2) is 0 Å². The highest BCUT2D eigenvalue weighted by atomic mass is 16.5. The third-order valence-electron chi connectivity index (χ3n) is 1.50. The van der Waals surface area contributed by atoms with E-state index < -0.39 is 0 Å².